The SMILES string of the molecule is CCCCCCCCC(C(=O)O)C1CCCn2c1nc(C)c(CCN1CCC(c3noc4cc(F)ccc34)CC1)c2=O.Cl.Cl. The van der Waals surface area contributed by atoms with E-state index in [2.05, 4.69) is 17.0 Å². The number of rotatable bonds is 13. The number of aliphatic carboxylic acids is 1. The molecule has 1 N–H and O–H groups in total. The third-order valence-electron chi connectivity index (χ3n) is 9.51. The van der Waals surface area contributed by atoms with Crippen LogP contribution < -0.4 is 5.56 Å². The van der Waals surface area contributed by atoms with Gasteiger partial charge in [-0.2, -0.15) is 0 Å². The normalized spacial score (nSPS) is 17.9. The van der Waals surface area contributed by atoms with Crippen molar-refractivity contribution in [1.29, 1.82) is 0 Å². The van der Waals surface area contributed by atoms with E-state index in [1.807, 2.05) is 6.92 Å². The average molecular weight is 654 g/mol. The molecule has 0 aliphatic carbocycles. The van der Waals surface area contributed by atoms with Gasteiger partial charge in [0.1, 0.15) is 11.6 Å². The van der Waals surface area contributed by atoms with Crippen molar-refractivity contribution >= 4 is 41.8 Å². The number of piperidine rings is 1. The zero-order chi connectivity index (χ0) is 29.6. The Hall–Kier alpha value is -2.49. The van der Waals surface area contributed by atoms with Gasteiger partial charge in [-0.15, -0.1) is 24.8 Å². The van der Waals surface area contributed by atoms with Crippen molar-refractivity contribution in [3.8, 4) is 0 Å². The van der Waals surface area contributed by atoms with Crippen molar-refractivity contribution in [3.63, 3.8) is 0 Å². The van der Waals surface area contributed by atoms with Gasteiger partial charge in [0.05, 0.1) is 11.6 Å². The van der Waals surface area contributed by atoms with Gasteiger partial charge in [0, 0.05) is 47.6 Å². The number of aromatic nitrogens is 3. The van der Waals surface area contributed by atoms with Gasteiger partial charge in [0.25, 0.3) is 5.56 Å². The number of carboxylic acid groups (broad SMARTS) is 1. The third kappa shape index (κ3) is 8.20. The maximum Gasteiger partial charge on any atom is 0.307 e. The van der Waals surface area contributed by atoms with Crippen LogP contribution in [0.4, 0.5) is 4.39 Å². The number of aryl methyl sites for hydroxylation is 1. The lowest BCUT2D eigenvalue weighted by molar-refractivity contribution is -0.143. The number of carbonyl (C=O) groups is 1. The van der Waals surface area contributed by atoms with E-state index in [1.165, 1.54) is 31.4 Å². The van der Waals surface area contributed by atoms with Crippen molar-refractivity contribution in [2.75, 3.05) is 19.6 Å². The molecule has 2 aliphatic rings. The number of fused-ring (bicyclic) bond motifs is 2. The molecular formula is C33H47Cl2FN4O4. The Balaban J connectivity index is 0.00000264. The number of carboxylic acids is 1. The lowest BCUT2D eigenvalue weighted by atomic mass is 9.82. The van der Waals surface area contributed by atoms with Crippen LogP contribution in [0, 0.1) is 18.7 Å². The Morgan fingerprint density at radius 1 is 1.09 bits per heavy atom. The van der Waals surface area contributed by atoms with Gasteiger partial charge < -0.3 is 14.5 Å². The minimum Gasteiger partial charge on any atom is -0.481 e. The summed E-state index contributed by atoms with van der Waals surface area (Å²) in [7, 11) is 0. The molecule has 8 nitrogen and oxygen atoms in total. The van der Waals surface area contributed by atoms with Gasteiger partial charge in [-0.25, -0.2) is 9.37 Å². The standard InChI is InChI=1S/C33H45FN4O4.2ClH/c1-3-4-5-6-7-8-10-27(33(40)41)26-11-9-17-38-31(26)35-22(2)25(32(38)39)16-20-37-18-14-23(15-19-37)30-28-13-12-24(34)21-29(28)42-36-30;;/h12-13,21,23,26-27H,3-11,14-20H2,1-2H3,(H,40,41);2*1H. The van der Waals surface area contributed by atoms with E-state index in [0.29, 0.717) is 30.8 Å². The first-order valence-electron chi connectivity index (χ1n) is 16.0. The summed E-state index contributed by atoms with van der Waals surface area (Å²) in [6.07, 6.45) is 11.4. The van der Waals surface area contributed by atoms with Crippen molar-refractivity contribution < 1.29 is 18.8 Å². The molecule has 244 valence electrons. The highest BCUT2D eigenvalue weighted by atomic mass is 35.5. The summed E-state index contributed by atoms with van der Waals surface area (Å²) in [4.78, 5) is 33.3. The van der Waals surface area contributed by atoms with Crippen LogP contribution in [0.25, 0.3) is 11.0 Å². The van der Waals surface area contributed by atoms with Crippen LogP contribution in [0.3, 0.4) is 0 Å². The number of likely N-dealkylation sites (tertiary alicyclic amines) is 1. The molecule has 2 aromatic heterocycles. The van der Waals surface area contributed by atoms with Gasteiger partial charge in [-0.3, -0.25) is 14.2 Å². The first-order chi connectivity index (χ1) is 20.4. The Morgan fingerprint density at radius 2 is 1.82 bits per heavy atom. The van der Waals surface area contributed by atoms with Crippen LogP contribution >= 0.6 is 24.8 Å². The maximum absolute atomic E-state index is 13.7. The number of hydrogen-bond donors (Lipinski definition) is 1. The zero-order valence-corrected chi connectivity index (χ0v) is 27.6. The Morgan fingerprint density at radius 3 is 2.55 bits per heavy atom. The first kappa shape index (κ1) is 36.0. The molecule has 0 spiro atoms. The highest BCUT2D eigenvalue weighted by Gasteiger charge is 2.35. The quantitative estimate of drug-likeness (QED) is 0.192. The maximum atomic E-state index is 13.7. The zero-order valence-electron chi connectivity index (χ0n) is 25.9. The summed E-state index contributed by atoms with van der Waals surface area (Å²) >= 11 is 0. The van der Waals surface area contributed by atoms with E-state index in [0.717, 1.165) is 86.9 Å². The Kier molecular flexibility index (Phi) is 13.7. The Bertz CT molecular complexity index is 1440. The lowest BCUT2D eigenvalue weighted by Crippen LogP contribution is -2.39. The molecule has 3 aromatic rings. The number of nitrogens with zero attached hydrogens (tertiary/aromatic N) is 4. The van der Waals surface area contributed by atoms with E-state index in [-0.39, 0.29) is 48.0 Å². The summed E-state index contributed by atoms with van der Waals surface area (Å²) in [6.45, 7) is 7.25. The van der Waals surface area contributed by atoms with E-state index in [1.54, 1.807) is 10.6 Å². The number of hydrogen-bond acceptors (Lipinski definition) is 6. The minimum absolute atomic E-state index is 0. The van der Waals surface area contributed by atoms with Crippen molar-refractivity contribution in [2.24, 2.45) is 5.92 Å². The fraction of sp³-hybridized carbons (Fsp3) is 0.636. The molecular weight excluding hydrogens is 606 g/mol. The largest absolute Gasteiger partial charge is 0.481 e. The number of unbranched alkanes of at least 4 members (excludes halogenated alkanes) is 5. The monoisotopic (exact) mass is 652 g/mol. The van der Waals surface area contributed by atoms with Crippen LogP contribution in [-0.4, -0.2) is 50.3 Å². The highest BCUT2D eigenvalue weighted by molar-refractivity contribution is 5.85. The van der Waals surface area contributed by atoms with Crippen LogP contribution in [0.15, 0.2) is 27.5 Å². The molecule has 44 heavy (non-hydrogen) atoms. The molecule has 4 heterocycles. The van der Waals surface area contributed by atoms with Crippen molar-refractivity contribution in [1.82, 2.24) is 19.6 Å². The van der Waals surface area contributed by atoms with Crippen LogP contribution in [0.5, 0.6) is 0 Å². The summed E-state index contributed by atoms with van der Waals surface area (Å²) in [5.41, 5.74) is 2.87. The third-order valence-corrected chi connectivity index (χ3v) is 9.51. The van der Waals surface area contributed by atoms with Crippen LogP contribution in [0.2, 0.25) is 0 Å². The van der Waals surface area contributed by atoms with E-state index < -0.39 is 11.9 Å². The fourth-order valence-corrected chi connectivity index (χ4v) is 7.05. The van der Waals surface area contributed by atoms with Crippen LogP contribution in [-0.2, 0) is 17.8 Å². The fourth-order valence-electron chi connectivity index (χ4n) is 7.05. The summed E-state index contributed by atoms with van der Waals surface area (Å²) in [5, 5.41) is 15.2. The summed E-state index contributed by atoms with van der Waals surface area (Å²) in [5.74, 6) is -0.870. The van der Waals surface area contributed by atoms with Gasteiger partial charge in [0.15, 0.2) is 5.58 Å². The molecule has 0 saturated carbocycles. The molecule has 0 amide bonds. The van der Waals surface area contributed by atoms with E-state index in [4.69, 9.17) is 9.51 Å². The second kappa shape index (κ2) is 16.7. The molecule has 1 fully saturated rings. The smallest absolute Gasteiger partial charge is 0.307 e. The molecule has 5 rings (SSSR count). The molecule has 0 bridgehead atoms. The predicted molar refractivity (Wildman–Crippen MR) is 175 cm³/mol. The lowest BCUT2D eigenvalue weighted by Gasteiger charge is -2.32. The highest BCUT2D eigenvalue weighted by Crippen LogP contribution is 2.36. The van der Waals surface area contributed by atoms with Crippen LogP contribution in [0.1, 0.15) is 112 Å². The topological polar surface area (TPSA) is 101 Å². The number of benzene rings is 1. The first-order valence-corrected chi connectivity index (χ1v) is 16.0. The van der Waals surface area contributed by atoms with Gasteiger partial charge in [-0.05, 0) is 70.7 Å². The predicted octanol–water partition coefficient (Wildman–Crippen LogP) is 7.43. The van der Waals surface area contributed by atoms with Gasteiger partial charge in [0.2, 0.25) is 0 Å². The molecule has 2 aliphatic heterocycles. The Labute approximate surface area is 271 Å². The van der Waals surface area contributed by atoms with Gasteiger partial charge in [-0.1, -0.05) is 50.6 Å². The van der Waals surface area contributed by atoms with E-state index >= 15 is 0 Å². The molecule has 0 radical (unpaired) electrons. The second-order valence-electron chi connectivity index (χ2n) is 12.3. The van der Waals surface area contributed by atoms with Crippen molar-refractivity contribution in [2.45, 2.75) is 109 Å². The molecule has 11 heteroatoms. The molecule has 2 unspecified atom stereocenters. The van der Waals surface area contributed by atoms with E-state index in [9.17, 15) is 19.1 Å². The molecule has 1 saturated heterocycles. The van der Waals surface area contributed by atoms with Crippen molar-refractivity contribution in [3.05, 3.63) is 57.1 Å². The number of halogens is 3. The summed E-state index contributed by atoms with van der Waals surface area (Å²) in [6, 6.07) is 4.58. The second-order valence-corrected chi connectivity index (χ2v) is 12.3. The summed E-state index contributed by atoms with van der Waals surface area (Å²) < 4.78 is 20.7. The molecule has 2 atom stereocenters. The van der Waals surface area contributed by atoms with Gasteiger partial charge >= 0.3 is 5.97 Å². The average Bonchev–Trinajstić information content (AvgIpc) is 3.40. The molecule has 1 aromatic carbocycles. The minimum atomic E-state index is -0.771.